The van der Waals surface area contributed by atoms with E-state index in [1.807, 2.05) is 0 Å². The number of rotatable bonds is 7. The lowest BCUT2D eigenvalue weighted by Crippen LogP contribution is -2.63. The molecule has 2 rings (SSSR count). The minimum Gasteiger partial charge on any atom is -0.463 e. The van der Waals surface area contributed by atoms with E-state index in [1.165, 1.54) is 6.92 Å². The molecule has 0 aromatic heterocycles. The molecular formula is C20H25NO10. The number of carbonyl (C=O) groups excluding carboxylic acids is 4. The number of nitrogens with two attached hydrogens (primary N) is 1. The number of ether oxygens (including phenoxy) is 6. The van der Waals surface area contributed by atoms with Crippen LogP contribution in [0.15, 0.2) is 24.3 Å². The van der Waals surface area contributed by atoms with Gasteiger partial charge >= 0.3 is 23.9 Å². The van der Waals surface area contributed by atoms with Crippen LogP contribution in [0.2, 0.25) is 0 Å². The second-order valence-electron chi connectivity index (χ2n) is 6.72. The summed E-state index contributed by atoms with van der Waals surface area (Å²) in [6.45, 7) is 4.26. The van der Waals surface area contributed by atoms with E-state index in [-0.39, 0.29) is 18.0 Å². The molecule has 5 atom stereocenters. The third-order valence-electron chi connectivity index (χ3n) is 4.11. The van der Waals surface area contributed by atoms with Crippen molar-refractivity contribution in [2.24, 2.45) is 0 Å². The van der Waals surface area contributed by atoms with Crippen LogP contribution in [0.25, 0.3) is 0 Å². The fourth-order valence-electron chi connectivity index (χ4n) is 3.00. The first-order valence-corrected chi connectivity index (χ1v) is 9.40. The van der Waals surface area contributed by atoms with E-state index < -0.39 is 54.6 Å². The molecular weight excluding hydrogens is 414 g/mol. The van der Waals surface area contributed by atoms with Crippen molar-refractivity contribution in [3.05, 3.63) is 24.3 Å². The fourth-order valence-corrected chi connectivity index (χ4v) is 3.00. The number of hydrogen-bond donors (Lipinski definition) is 1. The predicted molar refractivity (Wildman–Crippen MR) is 103 cm³/mol. The minimum absolute atomic E-state index is 0.211. The molecule has 1 heterocycles. The van der Waals surface area contributed by atoms with Gasteiger partial charge in [-0.15, -0.1) is 0 Å². The topological polar surface area (TPSA) is 150 Å². The molecule has 0 aliphatic carbocycles. The summed E-state index contributed by atoms with van der Waals surface area (Å²) in [6.07, 6.45) is -6.31. The zero-order valence-corrected chi connectivity index (χ0v) is 17.6. The van der Waals surface area contributed by atoms with Crippen molar-refractivity contribution < 1.29 is 47.6 Å². The van der Waals surface area contributed by atoms with Crippen LogP contribution in [0.4, 0.5) is 5.69 Å². The normalized spacial score (nSPS) is 25.1. The average molecular weight is 439 g/mol. The van der Waals surface area contributed by atoms with Crippen molar-refractivity contribution in [3.63, 3.8) is 0 Å². The van der Waals surface area contributed by atoms with Crippen LogP contribution in [0.1, 0.15) is 27.7 Å². The van der Waals surface area contributed by atoms with Crippen LogP contribution in [0, 0.1) is 0 Å². The van der Waals surface area contributed by atoms with Crippen LogP contribution in [0.3, 0.4) is 0 Å². The first kappa shape index (κ1) is 23.9. The number of esters is 4. The molecule has 0 spiro atoms. The van der Waals surface area contributed by atoms with Crippen molar-refractivity contribution in [1.82, 2.24) is 0 Å². The number of nitrogen functional groups attached to an aromatic ring is 1. The molecule has 1 fully saturated rings. The smallest absolute Gasteiger partial charge is 0.303 e. The van der Waals surface area contributed by atoms with E-state index in [9.17, 15) is 19.2 Å². The molecule has 31 heavy (non-hydrogen) atoms. The number of hydrogen-bond acceptors (Lipinski definition) is 11. The summed E-state index contributed by atoms with van der Waals surface area (Å²) in [5.41, 5.74) is 6.19. The molecule has 0 amide bonds. The lowest BCUT2D eigenvalue weighted by Gasteiger charge is -2.44. The van der Waals surface area contributed by atoms with Crippen LogP contribution in [0.5, 0.6) is 5.75 Å². The first-order chi connectivity index (χ1) is 14.6. The highest BCUT2D eigenvalue weighted by Crippen LogP contribution is 2.32. The molecule has 1 saturated heterocycles. The second-order valence-corrected chi connectivity index (χ2v) is 6.72. The van der Waals surface area contributed by atoms with Crippen LogP contribution in [-0.4, -0.2) is 61.2 Å². The number of carbonyl (C=O) groups is 4. The van der Waals surface area contributed by atoms with E-state index in [0.717, 1.165) is 20.8 Å². The standard InChI is InChI=1S/C20H25NO10/c1-10(22)26-9-16-17(27-11(2)23)18(28-12(3)24)19(29-13(4)25)20(31-16)30-15-8-6-5-7-14(15)21/h5-8,16-20H,9,21H2,1-4H3/t16-,17+,18+,19-,20-/m1/s1. The van der Waals surface area contributed by atoms with Crippen LogP contribution < -0.4 is 10.5 Å². The molecule has 1 aromatic rings. The molecule has 0 bridgehead atoms. The largest absolute Gasteiger partial charge is 0.463 e. The maximum atomic E-state index is 11.8. The Morgan fingerprint density at radius 1 is 0.839 bits per heavy atom. The Morgan fingerprint density at radius 2 is 1.39 bits per heavy atom. The SMILES string of the molecule is CC(=O)OC[C@H]1O[C@@H](Oc2ccccc2N)[C@H](OC(C)=O)[C@@H](OC(C)=O)[C@H]1OC(C)=O. The monoisotopic (exact) mass is 439 g/mol. The van der Waals surface area contributed by atoms with Crippen molar-refractivity contribution in [1.29, 1.82) is 0 Å². The molecule has 0 radical (unpaired) electrons. The Kier molecular flexibility index (Phi) is 8.20. The summed E-state index contributed by atoms with van der Waals surface area (Å²) in [6, 6.07) is 6.50. The van der Waals surface area contributed by atoms with E-state index in [4.69, 9.17) is 34.2 Å². The molecule has 11 heteroatoms. The Bertz CT molecular complexity index is 826. The molecule has 1 aliphatic heterocycles. The van der Waals surface area contributed by atoms with E-state index in [1.54, 1.807) is 24.3 Å². The predicted octanol–water partition coefficient (Wildman–Crippen LogP) is 0.731. The third-order valence-corrected chi connectivity index (χ3v) is 4.11. The van der Waals surface area contributed by atoms with Gasteiger partial charge < -0.3 is 34.2 Å². The third kappa shape index (κ3) is 6.85. The summed E-state index contributed by atoms with van der Waals surface area (Å²) in [4.78, 5) is 46.5. The van der Waals surface area contributed by atoms with Crippen LogP contribution in [-0.2, 0) is 42.9 Å². The number of para-hydroxylation sites is 2. The maximum absolute atomic E-state index is 11.8. The average Bonchev–Trinajstić information content (AvgIpc) is 2.65. The van der Waals surface area contributed by atoms with Crippen molar-refractivity contribution in [2.45, 2.75) is 58.4 Å². The van der Waals surface area contributed by atoms with E-state index in [2.05, 4.69) is 0 Å². The summed E-state index contributed by atoms with van der Waals surface area (Å²) in [5, 5.41) is 0. The lowest BCUT2D eigenvalue weighted by molar-refractivity contribution is -0.288. The van der Waals surface area contributed by atoms with Gasteiger partial charge in [-0.3, -0.25) is 19.2 Å². The van der Waals surface area contributed by atoms with Crippen molar-refractivity contribution in [2.75, 3.05) is 12.3 Å². The lowest BCUT2D eigenvalue weighted by atomic mass is 9.98. The van der Waals surface area contributed by atoms with Gasteiger partial charge in [0.15, 0.2) is 12.2 Å². The van der Waals surface area contributed by atoms with Gasteiger partial charge in [0.2, 0.25) is 12.4 Å². The summed E-state index contributed by atoms with van der Waals surface area (Å²) in [5.74, 6) is -2.57. The number of anilines is 1. The van der Waals surface area contributed by atoms with Gasteiger partial charge in [0.25, 0.3) is 0 Å². The molecule has 0 saturated carbocycles. The van der Waals surface area contributed by atoms with E-state index in [0.29, 0.717) is 0 Å². The quantitative estimate of drug-likeness (QED) is 0.364. The molecule has 2 N–H and O–H groups in total. The zero-order valence-electron chi connectivity index (χ0n) is 17.6. The fraction of sp³-hybridized carbons (Fsp3) is 0.500. The van der Waals surface area contributed by atoms with Gasteiger partial charge in [0.05, 0.1) is 5.69 Å². The summed E-state index contributed by atoms with van der Waals surface area (Å²) in [7, 11) is 0. The van der Waals surface area contributed by atoms with Gasteiger partial charge in [-0.25, -0.2) is 0 Å². The highest BCUT2D eigenvalue weighted by Gasteiger charge is 2.53. The van der Waals surface area contributed by atoms with Crippen molar-refractivity contribution >= 4 is 29.6 Å². The van der Waals surface area contributed by atoms with Gasteiger partial charge in [-0.05, 0) is 12.1 Å². The molecule has 0 unspecified atom stereocenters. The van der Waals surface area contributed by atoms with Crippen LogP contribution >= 0.6 is 0 Å². The molecule has 11 nitrogen and oxygen atoms in total. The van der Waals surface area contributed by atoms with Gasteiger partial charge in [-0.1, -0.05) is 12.1 Å². The van der Waals surface area contributed by atoms with Gasteiger partial charge in [0, 0.05) is 27.7 Å². The molecule has 1 aromatic carbocycles. The van der Waals surface area contributed by atoms with Crippen molar-refractivity contribution in [3.8, 4) is 5.75 Å². The van der Waals surface area contributed by atoms with Gasteiger partial charge in [-0.2, -0.15) is 0 Å². The first-order valence-electron chi connectivity index (χ1n) is 9.40. The zero-order chi connectivity index (χ0) is 23.1. The highest BCUT2D eigenvalue weighted by atomic mass is 16.7. The summed E-state index contributed by atoms with van der Waals surface area (Å²) < 4.78 is 32.6. The molecule has 170 valence electrons. The maximum Gasteiger partial charge on any atom is 0.303 e. The highest BCUT2D eigenvalue weighted by molar-refractivity contribution is 5.68. The number of benzene rings is 1. The van der Waals surface area contributed by atoms with Gasteiger partial charge in [0.1, 0.15) is 18.5 Å². The van der Waals surface area contributed by atoms with E-state index >= 15 is 0 Å². The minimum atomic E-state index is -1.33. The Hall–Kier alpha value is -3.34. The second kappa shape index (κ2) is 10.6. The Labute approximate surface area is 178 Å². The Balaban J connectivity index is 2.46. The summed E-state index contributed by atoms with van der Waals surface area (Å²) >= 11 is 0. The Morgan fingerprint density at radius 3 is 1.94 bits per heavy atom. The molecule has 1 aliphatic rings.